The number of aliphatic hydroxyl groups excluding tert-OH is 4. The molecule has 0 amide bonds. The summed E-state index contributed by atoms with van der Waals surface area (Å²) in [6.45, 7) is -0.574. The molecule has 1 saturated heterocycles. The number of hydrogen-bond donors (Lipinski definition) is 5. The minimum atomic E-state index is -1.56. The number of aliphatic hydroxyl groups is 4. The highest BCUT2D eigenvalue weighted by Crippen LogP contribution is 2.29. The van der Waals surface area contributed by atoms with E-state index in [4.69, 9.17) is 19.8 Å². The summed E-state index contributed by atoms with van der Waals surface area (Å²) >= 11 is 0. The summed E-state index contributed by atoms with van der Waals surface area (Å²) in [4.78, 5) is 0. The second-order valence-electron chi connectivity index (χ2n) is 4.94. The number of phenolic OH excluding ortho intramolecular Hbond substituents is 1. The van der Waals surface area contributed by atoms with Gasteiger partial charge in [0.15, 0.2) is 0 Å². The summed E-state index contributed by atoms with van der Waals surface area (Å²) in [5.41, 5.74) is 0.456. The molecule has 1 aromatic rings. The summed E-state index contributed by atoms with van der Waals surface area (Å²) in [5.74, 6) is -0.00726. The Hall–Kier alpha value is -1.89. The Balaban J connectivity index is 2.22. The van der Waals surface area contributed by atoms with Crippen LogP contribution >= 0.6 is 0 Å². The first-order valence-electron chi connectivity index (χ1n) is 6.64. The largest absolute Gasteiger partial charge is 0.508 e. The van der Waals surface area contributed by atoms with E-state index in [1.54, 1.807) is 0 Å². The van der Waals surface area contributed by atoms with Crippen LogP contribution < -0.4 is 4.74 Å². The predicted octanol–water partition coefficient (Wildman–Crippen LogP) is -1.36. The van der Waals surface area contributed by atoms with Gasteiger partial charge in [0.2, 0.25) is 6.29 Å². The Labute approximate surface area is 126 Å². The monoisotopic (exact) mass is 311 g/mol. The first kappa shape index (κ1) is 16.5. The van der Waals surface area contributed by atoms with Gasteiger partial charge in [0, 0.05) is 11.6 Å². The van der Waals surface area contributed by atoms with Crippen molar-refractivity contribution < 1.29 is 35.0 Å². The molecule has 0 saturated carbocycles. The molecule has 1 aliphatic rings. The van der Waals surface area contributed by atoms with Gasteiger partial charge in [-0.05, 0) is 6.07 Å². The third-order valence-electron chi connectivity index (χ3n) is 3.41. The molecule has 2 rings (SSSR count). The van der Waals surface area contributed by atoms with Crippen LogP contribution in [-0.2, 0) is 11.2 Å². The fraction of sp³-hybridized carbons (Fsp3) is 0.500. The van der Waals surface area contributed by atoms with E-state index in [0.717, 1.165) is 0 Å². The van der Waals surface area contributed by atoms with Gasteiger partial charge in [0.05, 0.1) is 19.1 Å². The van der Waals surface area contributed by atoms with E-state index in [-0.39, 0.29) is 17.9 Å². The van der Waals surface area contributed by atoms with Gasteiger partial charge in [-0.2, -0.15) is 5.26 Å². The fourth-order valence-corrected chi connectivity index (χ4v) is 2.17. The number of benzene rings is 1. The zero-order valence-corrected chi connectivity index (χ0v) is 11.5. The van der Waals surface area contributed by atoms with E-state index in [1.165, 1.54) is 18.2 Å². The zero-order valence-electron chi connectivity index (χ0n) is 11.5. The standard InChI is InChI=1S/C14H17NO7/c15-4-3-7-1-2-8(17)5-9(7)21-14-13(20)12(19)11(18)10(6-16)22-14/h1-2,5,10-14,16-20H,3,6H2/t10-,11-,12+,13-,14?/m1/s1. The van der Waals surface area contributed by atoms with Gasteiger partial charge in [-0.1, -0.05) is 6.07 Å². The Morgan fingerprint density at radius 3 is 2.55 bits per heavy atom. The maximum atomic E-state index is 9.90. The maximum absolute atomic E-state index is 9.90. The molecule has 8 nitrogen and oxygen atoms in total. The highest BCUT2D eigenvalue weighted by molar-refractivity contribution is 5.41. The van der Waals surface area contributed by atoms with Crippen LogP contribution in [0.2, 0.25) is 0 Å². The molecule has 0 radical (unpaired) electrons. The number of nitriles is 1. The smallest absolute Gasteiger partial charge is 0.229 e. The van der Waals surface area contributed by atoms with Crippen molar-refractivity contribution in [3.8, 4) is 17.6 Å². The second-order valence-corrected chi connectivity index (χ2v) is 4.94. The van der Waals surface area contributed by atoms with Crippen molar-refractivity contribution in [3.63, 3.8) is 0 Å². The highest BCUT2D eigenvalue weighted by atomic mass is 16.7. The zero-order chi connectivity index (χ0) is 16.3. The van der Waals surface area contributed by atoms with Crippen molar-refractivity contribution >= 4 is 0 Å². The Morgan fingerprint density at radius 1 is 1.18 bits per heavy atom. The van der Waals surface area contributed by atoms with Gasteiger partial charge in [-0.25, -0.2) is 0 Å². The Bertz CT molecular complexity index is 557. The highest BCUT2D eigenvalue weighted by Gasteiger charge is 2.44. The van der Waals surface area contributed by atoms with Crippen molar-refractivity contribution in [2.24, 2.45) is 0 Å². The van der Waals surface area contributed by atoms with Crippen LogP contribution in [0.1, 0.15) is 5.56 Å². The lowest BCUT2D eigenvalue weighted by molar-refractivity contribution is -0.277. The molecular weight excluding hydrogens is 294 g/mol. The molecule has 1 heterocycles. The first-order valence-corrected chi connectivity index (χ1v) is 6.64. The molecule has 0 aromatic heterocycles. The first-order chi connectivity index (χ1) is 10.5. The molecule has 1 aliphatic heterocycles. The van der Waals surface area contributed by atoms with Gasteiger partial charge in [-0.15, -0.1) is 0 Å². The minimum absolute atomic E-state index is 0.00698. The van der Waals surface area contributed by atoms with Gasteiger partial charge in [0.1, 0.15) is 35.9 Å². The SMILES string of the molecule is N#CCc1ccc(O)cc1OC1O[C@H](CO)[C@@H](O)[C@H](O)[C@H]1O. The lowest BCUT2D eigenvalue weighted by atomic mass is 9.99. The van der Waals surface area contributed by atoms with Gasteiger partial charge in [0.25, 0.3) is 0 Å². The quantitative estimate of drug-likeness (QED) is 0.458. The molecule has 5 atom stereocenters. The topological polar surface area (TPSA) is 143 Å². The molecule has 0 spiro atoms. The number of rotatable bonds is 4. The van der Waals surface area contributed by atoms with Gasteiger partial charge in [-0.3, -0.25) is 0 Å². The number of hydrogen-bond acceptors (Lipinski definition) is 8. The predicted molar refractivity (Wildman–Crippen MR) is 71.8 cm³/mol. The van der Waals surface area contributed by atoms with Gasteiger partial charge < -0.3 is 35.0 Å². The lowest BCUT2D eigenvalue weighted by Crippen LogP contribution is -2.60. The van der Waals surface area contributed by atoms with Crippen LogP contribution in [-0.4, -0.2) is 62.8 Å². The summed E-state index contributed by atoms with van der Waals surface area (Å²) in [7, 11) is 0. The third-order valence-corrected chi connectivity index (χ3v) is 3.41. The van der Waals surface area contributed by atoms with Crippen LogP contribution in [0.3, 0.4) is 0 Å². The van der Waals surface area contributed by atoms with Crippen LogP contribution in [0, 0.1) is 11.3 Å². The van der Waals surface area contributed by atoms with Crippen molar-refractivity contribution in [3.05, 3.63) is 23.8 Å². The van der Waals surface area contributed by atoms with Crippen molar-refractivity contribution in [1.82, 2.24) is 0 Å². The average molecular weight is 311 g/mol. The van der Waals surface area contributed by atoms with Gasteiger partial charge >= 0.3 is 0 Å². The number of aromatic hydroxyl groups is 1. The summed E-state index contributed by atoms with van der Waals surface area (Å²) < 4.78 is 10.6. The van der Waals surface area contributed by atoms with Crippen molar-refractivity contribution in [2.75, 3.05) is 6.61 Å². The van der Waals surface area contributed by atoms with E-state index in [0.29, 0.717) is 5.56 Å². The molecule has 1 aromatic carbocycles. The lowest BCUT2D eigenvalue weighted by Gasteiger charge is -2.39. The van der Waals surface area contributed by atoms with E-state index in [9.17, 15) is 20.4 Å². The van der Waals surface area contributed by atoms with Crippen molar-refractivity contribution in [2.45, 2.75) is 37.1 Å². The Kier molecular flexibility index (Phi) is 5.18. The minimum Gasteiger partial charge on any atom is -0.508 e. The molecular formula is C14H17NO7. The molecule has 120 valence electrons. The molecule has 0 aliphatic carbocycles. The Morgan fingerprint density at radius 2 is 1.91 bits per heavy atom. The van der Waals surface area contributed by atoms with E-state index >= 15 is 0 Å². The normalized spacial score (nSPS) is 31.5. The molecule has 1 unspecified atom stereocenters. The van der Waals surface area contributed by atoms with Crippen molar-refractivity contribution in [1.29, 1.82) is 5.26 Å². The summed E-state index contributed by atoms with van der Waals surface area (Å²) in [5, 5.41) is 56.7. The molecule has 22 heavy (non-hydrogen) atoms. The molecule has 0 bridgehead atoms. The van der Waals surface area contributed by atoms with Crippen LogP contribution in [0.5, 0.6) is 11.5 Å². The van der Waals surface area contributed by atoms with Crippen LogP contribution in [0.25, 0.3) is 0 Å². The third kappa shape index (κ3) is 3.30. The van der Waals surface area contributed by atoms with E-state index in [1.807, 2.05) is 6.07 Å². The molecule has 1 fully saturated rings. The average Bonchev–Trinajstić information content (AvgIpc) is 2.50. The molecule has 5 N–H and O–H groups in total. The van der Waals surface area contributed by atoms with Crippen LogP contribution in [0.15, 0.2) is 18.2 Å². The number of ether oxygens (including phenoxy) is 2. The number of phenols is 1. The maximum Gasteiger partial charge on any atom is 0.229 e. The van der Waals surface area contributed by atoms with E-state index < -0.39 is 37.3 Å². The summed E-state index contributed by atoms with van der Waals surface area (Å²) in [6.07, 6.45) is -7.06. The van der Waals surface area contributed by atoms with Crippen LogP contribution in [0.4, 0.5) is 0 Å². The fourth-order valence-electron chi connectivity index (χ4n) is 2.17. The second kappa shape index (κ2) is 6.91. The number of nitrogens with zero attached hydrogens (tertiary/aromatic N) is 1. The molecule has 8 heteroatoms. The van der Waals surface area contributed by atoms with E-state index in [2.05, 4.69) is 0 Å². The summed E-state index contributed by atoms with van der Waals surface area (Å²) in [6, 6.07) is 6.04.